The number of rotatable bonds is 9. The molecule has 1 aliphatic rings. The van der Waals surface area contributed by atoms with Gasteiger partial charge in [-0.05, 0) is 50.5 Å². The molecule has 2 aromatic rings. The summed E-state index contributed by atoms with van der Waals surface area (Å²) in [6.07, 6.45) is 3.83. The van der Waals surface area contributed by atoms with Crippen molar-refractivity contribution in [2.45, 2.75) is 54.9 Å². The zero-order valence-electron chi connectivity index (χ0n) is 17.4. The predicted molar refractivity (Wildman–Crippen MR) is 122 cm³/mol. The minimum absolute atomic E-state index is 0.0159. The molecule has 5 nitrogen and oxygen atoms in total. The number of nitrogens with one attached hydrogen (secondary N) is 1. The molecule has 7 heteroatoms. The first-order valence-corrected chi connectivity index (χ1v) is 12.9. The SMILES string of the molecule is Cc1ccc(S(=O)(=O)N2CCCCC2CCNC(=O)CCSc2ccccc2)cc1. The van der Waals surface area contributed by atoms with Crippen LogP contribution in [-0.4, -0.2) is 43.5 Å². The number of hydrogen-bond acceptors (Lipinski definition) is 4. The van der Waals surface area contributed by atoms with E-state index >= 15 is 0 Å². The molecule has 1 heterocycles. The van der Waals surface area contributed by atoms with Crippen molar-refractivity contribution in [2.24, 2.45) is 0 Å². The van der Waals surface area contributed by atoms with Crippen LogP contribution in [0.3, 0.4) is 0 Å². The zero-order valence-corrected chi connectivity index (χ0v) is 19.1. The van der Waals surface area contributed by atoms with Gasteiger partial charge < -0.3 is 5.32 Å². The molecule has 2 aromatic carbocycles. The van der Waals surface area contributed by atoms with Gasteiger partial charge in [0.25, 0.3) is 0 Å². The highest BCUT2D eigenvalue weighted by molar-refractivity contribution is 7.99. The summed E-state index contributed by atoms with van der Waals surface area (Å²) < 4.78 is 27.9. The first-order valence-electron chi connectivity index (χ1n) is 10.5. The van der Waals surface area contributed by atoms with Crippen LogP contribution in [0.2, 0.25) is 0 Å². The molecule has 1 atom stereocenters. The zero-order chi connectivity index (χ0) is 21.4. The lowest BCUT2D eigenvalue weighted by molar-refractivity contribution is -0.120. The Morgan fingerprint density at radius 3 is 2.57 bits per heavy atom. The van der Waals surface area contributed by atoms with E-state index in [2.05, 4.69) is 5.32 Å². The van der Waals surface area contributed by atoms with Gasteiger partial charge in [-0.25, -0.2) is 8.42 Å². The average Bonchev–Trinajstić information content (AvgIpc) is 2.75. The van der Waals surface area contributed by atoms with E-state index in [1.807, 2.05) is 49.4 Å². The van der Waals surface area contributed by atoms with E-state index in [0.717, 1.165) is 35.5 Å². The maximum atomic E-state index is 13.1. The number of aryl methyl sites for hydroxylation is 1. The number of piperidine rings is 1. The van der Waals surface area contributed by atoms with Crippen molar-refractivity contribution in [2.75, 3.05) is 18.8 Å². The second-order valence-electron chi connectivity index (χ2n) is 7.63. The lowest BCUT2D eigenvalue weighted by Crippen LogP contribution is -2.45. The van der Waals surface area contributed by atoms with E-state index < -0.39 is 10.0 Å². The molecule has 0 bridgehead atoms. The summed E-state index contributed by atoms with van der Waals surface area (Å²) in [7, 11) is -3.51. The fraction of sp³-hybridized carbons (Fsp3) is 0.435. The Bertz CT molecular complexity index is 915. The van der Waals surface area contributed by atoms with Crippen LogP contribution < -0.4 is 5.32 Å². The molecule has 1 fully saturated rings. The summed E-state index contributed by atoms with van der Waals surface area (Å²) in [5.74, 6) is 0.745. The fourth-order valence-electron chi connectivity index (χ4n) is 3.67. The molecule has 0 saturated carbocycles. The van der Waals surface area contributed by atoms with Gasteiger partial charge in [-0.1, -0.05) is 42.3 Å². The van der Waals surface area contributed by atoms with Crippen molar-refractivity contribution in [1.82, 2.24) is 9.62 Å². The molecule has 1 aliphatic heterocycles. The summed E-state index contributed by atoms with van der Waals surface area (Å²) in [5, 5.41) is 2.96. The molecule has 3 rings (SSSR count). The second kappa shape index (κ2) is 11.0. The third-order valence-corrected chi connectivity index (χ3v) is 8.32. The Hall–Kier alpha value is -1.83. The van der Waals surface area contributed by atoms with E-state index in [9.17, 15) is 13.2 Å². The van der Waals surface area contributed by atoms with Crippen LogP contribution in [0.15, 0.2) is 64.4 Å². The quantitative estimate of drug-likeness (QED) is 0.586. The van der Waals surface area contributed by atoms with Gasteiger partial charge in [0.15, 0.2) is 0 Å². The molecule has 1 saturated heterocycles. The smallest absolute Gasteiger partial charge is 0.243 e. The van der Waals surface area contributed by atoms with Crippen LogP contribution in [-0.2, 0) is 14.8 Å². The van der Waals surface area contributed by atoms with Crippen LogP contribution in [0.5, 0.6) is 0 Å². The van der Waals surface area contributed by atoms with Crippen molar-refractivity contribution in [3.05, 3.63) is 60.2 Å². The van der Waals surface area contributed by atoms with Gasteiger partial charge in [-0.15, -0.1) is 11.8 Å². The Morgan fingerprint density at radius 1 is 1.10 bits per heavy atom. The van der Waals surface area contributed by atoms with E-state index in [4.69, 9.17) is 0 Å². The first kappa shape index (κ1) is 22.8. The van der Waals surface area contributed by atoms with Gasteiger partial charge >= 0.3 is 0 Å². The standard InChI is InChI=1S/C23H30N2O3S2/c1-19-10-12-22(13-11-19)30(27,28)25-17-6-5-7-20(25)14-16-24-23(26)15-18-29-21-8-3-2-4-9-21/h2-4,8-13,20H,5-7,14-18H2,1H3,(H,24,26). The molecule has 0 aliphatic carbocycles. The number of carbonyl (C=O) groups is 1. The molecule has 30 heavy (non-hydrogen) atoms. The maximum absolute atomic E-state index is 13.1. The van der Waals surface area contributed by atoms with Crippen LogP contribution in [0.1, 0.15) is 37.7 Å². The third kappa shape index (κ3) is 6.33. The summed E-state index contributed by atoms with van der Waals surface area (Å²) >= 11 is 1.66. The van der Waals surface area contributed by atoms with Crippen molar-refractivity contribution in [3.63, 3.8) is 0 Å². The van der Waals surface area contributed by atoms with Crippen molar-refractivity contribution >= 4 is 27.7 Å². The predicted octanol–water partition coefficient (Wildman–Crippen LogP) is 4.23. The van der Waals surface area contributed by atoms with Gasteiger partial charge in [-0.2, -0.15) is 4.31 Å². The molecule has 0 radical (unpaired) electrons. The van der Waals surface area contributed by atoms with E-state index in [-0.39, 0.29) is 11.9 Å². The minimum atomic E-state index is -3.51. The monoisotopic (exact) mass is 446 g/mol. The summed E-state index contributed by atoms with van der Waals surface area (Å²) in [6.45, 7) is 2.99. The Labute approximate surface area is 184 Å². The number of amides is 1. The van der Waals surface area contributed by atoms with Crippen molar-refractivity contribution in [3.8, 4) is 0 Å². The third-order valence-electron chi connectivity index (χ3n) is 5.34. The fourth-order valence-corrected chi connectivity index (χ4v) is 6.27. The highest BCUT2D eigenvalue weighted by atomic mass is 32.2. The van der Waals surface area contributed by atoms with Crippen molar-refractivity contribution in [1.29, 1.82) is 0 Å². The average molecular weight is 447 g/mol. The van der Waals surface area contributed by atoms with Gasteiger partial charge in [0.1, 0.15) is 0 Å². The molecular weight excluding hydrogens is 416 g/mol. The van der Waals surface area contributed by atoms with Gasteiger partial charge in [0.2, 0.25) is 15.9 Å². The summed E-state index contributed by atoms with van der Waals surface area (Å²) in [5.41, 5.74) is 1.04. The topological polar surface area (TPSA) is 66.5 Å². The van der Waals surface area contributed by atoms with Crippen molar-refractivity contribution < 1.29 is 13.2 Å². The molecule has 1 N–H and O–H groups in total. The molecule has 0 spiro atoms. The Kier molecular flexibility index (Phi) is 8.36. The first-order chi connectivity index (χ1) is 14.5. The normalized spacial score (nSPS) is 17.6. The van der Waals surface area contributed by atoms with Crippen LogP contribution in [0.25, 0.3) is 0 Å². The number of sulfonamides is 1. The number of carbonyl (C=O) groups excluding carboxylic acids is 1. The summed E-state index contributed by atoms with van der Waals surface area (Å²) in [4.78, 5) is 13.7. The Morgan fingerprint density at radius 2 is 1.83 bits per heavy atom. The minimum Gasteiger partial charge on any atom is -0.356 e. The highest BCUT2D eigenvalue weighted by Crippen LogP contribution is 2.27. The lowest BCUT2D eigenvalue weighted by atomic mass is 10.0. The number of thioether (sulfide) groups is 1. The number of hydrogen-bond donors (Lipinski definition) is 1. The van der Waals surface area contributed by atoms with Gasteiger partial charge in [-0.3, -0.25) is 4.79 Å². The second-order valence-corrected chi connectivity index (χ2v) is 10.7. The highest BCUT2D eigenvalue weighted by Gasteiger charge is 2.33. The van der Waals surface area contributed by atoms with Crippen LogP contribution in [0, 0.1) is 6.92 Å². The van der Waals surface area contributed by atoms with Crippen LogP contribution in [0.4, 0.5) is 0 Å². The lowest BCUT2D eigenvalue weighted by Gasteiger charge is -2.34. The van der Waals surface area contributed by atoms with Crippen LogP contribution >= 0.6 is 11.8 Å². The summed E-state index contributed by atoms with van der Waals surface area (Å²) in [6, 6.07) is 17.0. The molecule has 162 valence electrons. The molecule has 1 unspecified atom stereocenters. The van der Waals surface area contributed by atoms with Gasteiger partial charge in [0.05, 0.1) is 4.90 Å². The van der Waals surface area contributed by atoms with E-state index in [0.29, 0.717) is 30.8 Å². The molecule has 0 aromatic heterocycles. The van der Waals surface area contributed by atoms with E-state index in [1.165, 1.54) is 0 Å². The Balaban J connectivity index is 1.48. The van der Waals surface area contributed by atoms with Gasteiger partial charge in [0, 0.05) is 36.2 Å². The number of nitrogens with zero attached hydrogens (tertiary/aromatic N) is 1. The molecular formula is C23H30N2O3S2. The largest absolute Gasteiger partial charge is 0.356 e. The maximum Gasteiger partial charge on any atom is 0.243 e. The number of benzene rings is 2. The molecule has 1 amide bonds. The van der Waals surface area contributed by atoms with E-state index in [1.54, 1.807) is 28.2 Å².